The first kappa shape index (κ1) is 14.1. The lowest BCUT2D eigenvalue weighted by Gasteiger charge is -2.06. The molecule has 0 fully saturated rings. The van der Waals surface area contributed by atoms with Gasteiger partial charge in [0.1, 0.15) is 0 Å². The molecule has 2 aromatic rings. The summed E-state index contributed by atoms with van der Waals surface area (Å²) in [7, 11) is 0. The molecule has 2 rings (SSSR count). The smallest absolute Gasteiger partial charge is 0.307 e. The first-order valence-corrected chi connectivity index (χ1v) is 6.12. The zero-order valence-electron chi connectivity index (χ0n) is 9.99. The maximum Gasteiger partial charge on any atom is 0.335 e. The highest BCUT2D eigenvalue weighted by Gasteiger charge is 2.16. The number of nitrogens with one attached hydrogen (secondary N) is 1. The van der Waals surface area contributed by atoms with E-state index >= 15 is 0 Å². The van der Waals surface area contributed by atoms with Gasteiger partial charge in [0.15, 0.2) is 5.82 Å². The molecule has 0 unspecified atom stereocenters. The second kappa shape index (κ2) is 5.75. The molecule has 0 amide bonds. The van der Waals surface area contributed by atoms with E-state index in [0.717, 1.165) is 6.07 Å². The summed E-state index contributed by atoms with van der Waals surface area (Å²) < 4.78 is 1.61. The Morgan fingerprint density at radius 3 is 2.75 bits per heavy atom. The first-order chi connectivity index (χ1) is 9.51. The Labute approximate surface area is 120 Å². The maximum atomic E-state index is 11.9. The lowest BCUT2D eigenvalue weighted by molar-refractivity contribution is -0.386. The Bertz CT molecular complexity index is 699. The molecule has 9 nitrogen and oxygen atoms in total. The van der Waals surface area contributed by atoms with Gasteiger partial charge >= 0.3 is 11.2 Å². The number of halogens is 1. The summed E-state index contributed by atoms with van der Waals surface area (Å²) in [5.74, 6) is 5.54. The topological polar surface area (TPSA) is 129 Å². The van der Waals surface area contributed by atoms with Gasteiger partial charge in [0, 0.05) is 16.7 Å². The minimum Gasteiger partial charge on any atom is -0.307 e. The van der Waals surface area contributed by atoms with Gasteiger partial charge < -0.3 is 9.99 Å². The molecule has 20 heavy (non-hydrogen) atoms. The van der Waals surface area contributed by atoms with E-state index in [2.05, 4.69) is 31.3 Å². The van der Waals surface area contributed by atoms with Gasteiger partial charge in [-0.25, -0.2) is 10.8 Å². The van der Waals surface area contributed by atoms with Crippen molar-refractivity contribution in [3.63, 3.8) is 0 Å². The highest BCUT2D eigenvalue weighted by Crippen LogP contribution is 2.14. The Hall–Kier alpha value is -2.33. The molecule has 0 atom stereocenters. The summed E-state index contributed by atoms with van der Waals surface area (Å²) in [6, 6.07) is 1.16. The number of hydrazine groups is 1. The minimum atomic E-state index is -0.725. The lowest BCUT2D eigenvalue weighted by Crippen LogP contribution is -2.23. The number of rotatable bonds is 4. The first-order valence-electron chi connectivity index (χ1n) is 5.33. The second-order valence-electron chi connectivity index (χ2n) is 3.77. The molecule has 2 aromatic heterocycles. The van der Waals surface area contributed by atoms with E-state index in [-0.39, 0.29) is 6.54 Å². The average molecular weight is 341 g/mol. The SMILES string of the molecule is NNc1cnc(Cn2cc(Br)cc([N+](=O)[O-])c2=O)cn1. The average Bonchev–Trinajstić information content (AvgIpc) is 2.43. The van der Waals surface area contributed by atoms with Crippen molar-refractivity contribution < 1.29 is 4.92 Å². The fourth-order valence-corrected chi connectivity index (χ4v) is 1.98. The molecule has 104 valence electrons. The van der Waals surface area contributed by atoms with E-state index in [1.807, 2.05) is 0 Å². The molecule has 0 radical (unpaired) electrons. The van der Waals surface area contributed by atoms with Crippen LogP contribution < -0.4 is 16.8 Å². The summed E-state index contributed by atoms with van der Waals surface area (Å²) in [6.07, 6.45) is 4.27. The molecule has 3 N–H and O–H groups in total. The van der Waals surface area contributed by atoms with Crippen LogP contribution in [0.2, 0.25) is 0 Å². The van der Waals surface area contributed by atoms with Crippen LogP contribution in [0.1, 0.15) is 5.69 Å². The highest BCUT2D eigenvalue weighted by atomic mass is 79.9. The van der Waals surface area contributed by atoms with Crippen molar-refractivity contribution in [1.82, 2.24) is 14.5 Å². The summed E-state index contributed by atoms with van der Waals surface area (Å²) in [5, 5.41) is 10.8. The summed E-state index contributed by atoms with van der Waals surface area (Å²) in [6.45, 7) is 0.0664. The van der Waals surface area contributed by atoms with Crippen LogP contribution in [0.25, 0.3) is 0 Å². The maximum absolute atomic E-state index is 11.9. The molecule has 0 aliphatic rings. The van der Waals surface area contributed by atoms with Crippen LogP contribution in [0.3, 0.4) is 0 Å². The standard InChI is InChI=1S/C10H9BrN6O3/c11-6-1-8(17(19)20)10(18)16(4-6)5-7-2-14-9(15-12)3-13-7/h1-4H,5,12H2,(H,14,15). The molecule has 0 aliphatic heterocycles. The van der Waals surface area contributed by atoms with Crippen molar-refractivity contribution in [3.05, 3.63) is 55.3 Å². The minimum absolute atomic E-state index is 0.0664. The third kappa shape index (κ3) is 2.97. The molecule has 0 saturated carbocycles. The van der Waals surface area contributed by atoms with E-state index < -0.39 is 16.2 Å². The van der Waals surface area contributed by atoms with Gasteiger partial charge in [-0.15, -0.1) is 0 Å². The van der Waals surface area contributed by atoms with Gasteiger partial charge in [-0.3, -0.25) is 19.9 Å². The molecular formula is C10H9BrN6O3. The van der Waals surface area contributed by atoms with Gasteiger partial charge in [0.25, 0.3) is 0 Å². The highest BCUT2D eigenvalue weighted by molar-refractivity contribution is 9.10. The monoisotopic (exact) mass is 340 g/mol. The number of anilines is 1. The number of nitro groups is 1. The third-order valence-corrected chi connectivity index (χ3v) is 2.85. The molecule has 0 saturated heterocycles. The van der Waals surface area contributed by atoms with Crippen molar-refractivity contribution in [2.24, 2.45) is 5.84 Å². The van der Waals surface area contributed by atoms with E-state index in [1.54, 1.807) is 0 Å². The summed E-state index contributed by atoms with van der Waals surface area (Å²) in [4.78, 5) is 30.0. The Morgan fingerprint density at radius 1 is 1.45 bits per heavy atom. The van der Waals surface area contributed by atoms with Crippen LogP contribution in [0.5, 0.6) is 0 Å². The lowest BCUT2D eigenvalue weighted by atomic mass is 10.3. The number of pyridine rings is 1. The molecule has 0 spiro atoms. The molecule has 0 aliphatic carbocycles. The zero-order valence-corrected chi connectivity index (χ0v) is 11.6. The Balaban J connectivity index is 2.37. The largest absolute Gasteiger partial charge is 0.335 e. The van der Waals surface area contributed by atoms with Gasteiger partial charge in [-0.1, -0.05) is 0 Å². The van der Waals surface area contributed by atoms with Gasteiger partial charge in [0.2, 0.25) is 0 Å². The van der Waals surface area contributed by atoms with E-state index in [1.165, 1.54) is 23.2 Å². The Morgan fingerprint density at radius 2 is 2.20 bits per heavy atom. The zero-order chi connectivity index (χ0) is 14.7. The van der Waals surface area contributed by atoms with E-state index in [9.17, 15) is 14.9 Å². The fourth-order valence-electron chi connectivity index (χ4n) is 1.52. The van der Waals surface area contributed by atoms with Crippen LogP contribution in [-0.4, -0.2) is 19.5 Å². The van der Waals surface area contributed by atoms with Crippen molar-refractivity contribution in [1.29, 1.82) is 0 Å². The van der Waals surface area contributed by atoms with Crippen molar-refractivity contribution in [3.8, 4) is 0 Å². The van der Waals surface area contributed by atoms with Crippen LogP contribution in [-0.2, 0) is 6.54 Å². The fraction of sp³-hybridized carbons (Fsp3) is 0.100. The van der Waals surface area contributed by atoms with Crippen LogP contribution in [0.4, 0.5) is 11.5 Å². The van der Waals surface area contributed by atoms with Crippen LogP contribution >= 0.6 is 15.9 Å². The van der Waals surface area contributed by atoms with Crippen molar-refractivity contribution in [2.45, 2.75) is 6.54 Å². The number of aromatic nitrogens is 3. The normalized spacial score (nSPS) is 10.3. The van der Waals surface area contributed by atoms with Gasteiger partial charge in [0.05, 0.1) is 29.6 Å². The molecular weight excluding hydrogens is 332 g/mol. The predicted molar refractivity (Wildman–Crippen MR) is 74.0 cm³/mol. The van der Waals surface area contributed by atoms with Gasteiger partial charge in [-0.2, -0.15) is 0 Å². The van der Waals surface area contributed by atoms with Gasteiger partial charge in [-0.05, 0) is 15.9 Å². The van der Waals surface area contributed by atoms with Crippen molar-refractivity contribution in [2.75, 3.05) is 5.43 Å². The summed E-state index contributed by atoms with van der Waals surface area (Å²) >= 11 is 3.12. The van der Waals surface area contributed by atoms with Crippen molar-refractivity contribution >= 4 is 27.4 Å². The molecule has 2 heterocycles. The molecule has 0 aromatic carbocycles. The van der Waals surface area contributed by atoms with Crippen LogP contribution in [0, 0.1) is 10.1 Å². The predicted octanol–water partition coefficient (Wildman–Crippen LogP) is 0.643. The molecule has 0 bridgehead atoms. The van der Waals surface area contributed by atoms with E-state index in [0.29, 0.717) is 16.0 Å². The Kier molecular flexibility index (Phi) is 4.05. The number of nitrogens with two attached hydrogens (primary N) is 1. The van der Waals surface area contributed by atoms with Crippen LogP contribution in [0.15, 0.2) is 33.9 Å². The number of hydrogen-bond acceptors (Lipinski definition) is 7. The van der Waals surface area contributed by atoms with E-state index in [4.69, 9.17) is 5.84 Å². The number of nitrogen functional groups attached to an aromatic ring is 1. The number of hydrogen-bond donors (Lipinski definition) is 2. The number of nitrogens with zero attached hydrogens (tertiary/aromatic N) is 4. The second-order valence-corrected chi connectivity index (χ2v) is 4.69. The summed E-state index contributed by atoms with van der Waals surface area (Å²) in [5.41, 5.74) is 1.58. The third-order valence-electron chi connectivity index (χ3n) is 2.42. The quantitative estimate of drug-likeness (QED) is 0.474. The molecule has 10 heteroatoms.